The van der Waals surface area contributed by atoms with Gasteiger partial charge in [0.2, 0.25) is 23.6 Å². The first-order valence-electron chi connectivity index (χ1n) is 46.3. The Labute approximate surface area is 856 Å². The van der Waals surface area contributed by atoms with Crippen LogP contribution in [0.25, 0.3) is 68.7 Å². The highest BCUT2D eigenvalue weighted by Crippen LogP contribution is 2.50. The topological polar surface area (TPSA) is 396 Å². The van der Waals surface area contributed by atoms with Crippen molar-refractivity contribution in [2.24, 2.45) is 5.73 Å². The van der Waals surface area contributed by atoms with Crippen LogP contribution in [0.4, 0.5) is 18.9 Å². The number of nitro benzene ring substituents is 1. The molecule has 36 heteroatoms. The molecule has 0 bridgehead atoms. The third kappa shape index (κ3) is 22.1. The second-order valence-corrected chi connectivity index (χ2v) is 38.7. The van der Waals surface area contributed by atoms with Crippen molar-refractivity contribution in [1.82, 2.24) is 80.6 Å². The predicted octanol–water partition coefficient (Wildman–Crippen LogP) is 19.1. The Bertz CT molecular complexity index is 7740. The molecule has 742 valence electrons. The lowest BCUT2D eigenvalue weighted by molar-refractivity contribution is -0.384. The molecule has 0 saturated carbocycles. The zero-order valence-electron chi connectivity index (χ0n) is 80.6. The lowest BCUT2D eigenvalue weighted by atomic mass is 9.71. The summed E-state index contributed by atoms with van der Waals surface area (Å²) in [4.78, 5) is 136. The SMILES string of the molecule is CC1(C)CN(C(=O)/C=C/c2c(-n3cnnn3)ccc(Cl)c2F)C(C(=O)Cc2ccc(C(=O)O)cc2)c2cccc(-c3ccc(C(N)=O)cc3)c21.CNC(=O)c1ccc(-c2cccc3c2C(C)(C)CN(C(=O)/C=C/c2c(-n4cnnn4)ccc(Cl)c2F)C3C(=O)Cc2ccc(C)cc2)cc1.Cc1ccc(CC(=O)C2c3cccc(-c4ccc([N+](=O)[O-])cc4)c3C(C)(C)CN2C(=O)/C=C/c2c(-n3cnnn3)ccc(Cl)c2F)cc1. The summed E-state index contributed by atoms with van der Waals surface area (Å²) in [6, 6.07) is 64.5. The van der Waals surface area contributed by atoms with E-state index in [0.29, 0.717) is 39.1 Å². The van der Waals surface area contributed by atoms with Crippen molar-refractivity contribution in [2.45, 2.75) is 109 Å². The number of fused-ring (bicyclic) bond motifs is 3. The molecule has 0 saturated heterocycles. The lowest BCUT2D eigenvalue weighted by Crippen LogP contribution is -2.50. The molecule has 3 aliphatic rings. The second kappa shape index (κ2) is 43.2. The van der Waals surface area contributed by atoms with Gasteiger partial charge in [-0.1, -0.05) is 227 Å². The monoisotopic (exact) mass is 2030 g/mol. The molecule has 3 unspecified atom stereocenters. The zero-order valence-corrected chi connectivity index (χ0v) is 82.9. The number of carbonyl (C=O) groups excluding carboxylic acids is 8. The molecule has 0 fully saturated rings. The van der Waals surface area contributed by atoms with Gasteiger partial charge in [-0.15, -0.1) is 15.3 Å². The number of amides is 5. The standard InChI is InChI=1S/C38H34ClFN6O3.C37H30ClFN6O5.C36H30ClFN6O4/c1-23-8-10-24(11-9-23)20-32(47)36-29-7-5-6-27(25-12-14-26(15-13-25)37(49)41-4)34(29)38(2,3)21-45(36)33(48)19-16-28-31(46-22-42-43-44-46)18-17-30(39)35(28)40;1-37(2)19-44(31(47)17-14-26-29(45-20-41-42-43-45)16-15-28(38)33(26)39)34(30(46)18-21-6-8-24(9-7-21)36(49)50)27-5-3-4-25(32(27)37)22-10-12-23(13-11-22)35(40)48;1-22-7-9-23(10-8-22)19-31(45)35-28-6-4-5-26(24-11-13-25(14-12-24)44(47)48)33(28)36(2,3)20-42(35)32(46)18-15-27-30(43-21-39-40-41-43)17-16-29(37)34(27)38/h5-19,22,36H,20-21H2,1-4H3,(H,41,49);3-17,20,34H,18-19H2,1-2H3,(H2,40,48)(H,49,50);4-18,21,35H,19-20H2,1-3H3/b19-16+;17-14+;18-15+. The van der Waals surface area contributed by atoms with Crippen molar-refractivity contribution < 1.29 is 66.4 Å². The normalized spacial score (nSPS) is 15.2. The van der Waals surface area contributed by atoms with Gasteiger partial charge >= 0.3 is 5.97 Å². The number of non-ortho nitro benzene ring substituents is 1. The summed E-state index contributed by atoms with van der Waals surface area (Å²) in [6.45, 7) is 16.4. The van der Waals surface area contributed by atoms with Crippen molar-refractivity contribution in [1.29, 1.82) is 0 Å². The summed E-state index contributed by atoms with van der Waals surface area (Å²) in [5.74, 6) is -6.28. The largest absolute Gasteiger partial charge is 0.478 e. The number of tetrazole rings is 3. The van der Waals surface area contributed by atoms with Crippen LogP contribution in [-0.4, -0.2) is 165 Å². The first-order chi connectivity index (χ1) is 70.3. The van der Waals surface area contributed by atoms with Crippen LogP contribution >= 0.6 is 34.8 Å². The maximum Gasteiger partial charge on any atom is 0.335 e. The Morgan fingerprint density at radius 2 is 0.714 bits per heavy atom. The van der Waals surface area contributed by atoms with Gasteiger partial charge in [-0.2, -0.15) is 14.0 Å². The van der Waals surface area contributed by atoms with Crippen LogP contribution < -0.4 is 11.1 Å². The number of rotatable bonds is 25. The van der Waals surface area contributed by atoms with Gasteiger partial charge in [0.25, 0.3) is 11.6 Å². The summed E-state index contributed by atoms with van der Waals surface area (Å²) in [5, 5.41) is 56.1. The number of benzene rings is 12. The third-order valence-corrected chi connectivity index (χ3v) is 26.9. The Kier molecular flexibility index (Phi) is 30.3. The molecule has 0 aliphatic carbocycles. The van der Waals surface area contributed by atoms with Crippen LogP contribution in [0.3, 0.4) is 0 Å². The number of carboxylic acid groups (broad SMARTS) is 1. The van der Waals surface area contributed by atoms with E-state index in [1.165, 1.54) is 128 Å². The average molecular weight is 2040 g/mol. The second-order valence-electron chi connectivity index (χ2n) is 37.5. The third-order valence-electron chi connectivity index (χ3n) is 26.0. The number of Topliss-reactive ketones (excluding diaryl/α,β-unsaturated/α-hetero) is 3. The van der Waals surface area contributed by atoms with Crippen LogP contribution in [0.1, 0.15) is 169 Å². The fraction of sp³-hybridized carbons (Fsp3) is 0.189. The van der Waals surface area contributed by atoms with Crippen LogP contribution in [0.5, 0.6) is 0 Å². The molecule has 18 rings (SSSR count). The Hall–Kier alpha value is -17.0. The van der Waals surface area contributed by atoms with E-state index in [9.17, 15) is 58.4 Å². The van der Waals surface area contributed by atoms with Gasteiger partial charge in [-0.25, -0.2) is 18.0 Å². The van der Waals surface area contributed by atoms with Crippen molar-refractivity contribution in [3.05, 3.63) is 411 Å². The molecule has 0 radical (unpaired) electrons. The molecule has 5 amide bonds. The summed E-state index contributed by atoms with van der Waals surface area (Å²) in [7, 11) is 1.58. The number of nitrogens with two attached hydrogens (primary N) is 1. The number of ketones is 3. The van der Waals surface area contributed by atoms with E-state index in [2.05, 4.69) is 51.9 Å². The number of nitrogens with one attached hydrogen (secondary N) is 1. The molecule has 147 heavy (non-hydrogen) atoms. The zero-order chi connectivity index (χ0) is 105. The minimum atomic E-state index is -1.09. The number of aryl methyl sites for hydroxylation is 2. The number of carbonyl (C=O) groups is 9. The number of aromatic carboxylic acids is 1. The number of carboxylic acids is 1. The lowest BCUT2D eigenvalue weighted by Gasteiger charge is -2.45. The van der Waals surface area contributed by atoms with E-state index in [-0.39, 0.29) is 117 Å². The summed E-state index contributed by atoms with van der Waals surface area (Å²) in [5.41, 5.74) is 19.2. The van der Waals surface area contributed by atoms with Crippen molar-refractivity contribution in [3.8, 4) is 50.4 Å². The molecule has 4 N–H and O–H groups in total. The summed E-state index contributed by atoms with van der Waals surface area (Å²) >= 11 is 18.3. The molecule has 3 atom stereocenters. The number of nitro groups is 1. The van der Waals surface area contributed by atoms with Crippen molar-refractivity contribution in [3.63, 3.8) is 0 Å². The van der Waals surface area contributed by atoms with Gasteiger partial charge in [0.1, 0.15) is 37.1 Å². The summed E-state index contributed by atoms with van der Waals surface area (Å²) < 4.78 is 49.8. The number of halogens is 6. The van der Waals surface area contributed by atoms with E-state index in [0.717, 1.165) is 72.3 Å². The minimum Gasteiger partial charge on any atom is -0.478 e. The smallest absolute Gasteiger partial charge is 0.335 e. The van der Waals surface area contributed by atoms with Crippen molar-refractivity contribution >= 4 is 112 Å². The van der Waals surface area contributed by atoms with E-state index in [4.69, 9.17) is 40.5 Å². The van der Waals surface area contributed by atoms with E-state index in [1.54, 1.807) is 90.8 Å². The minimum absolute atomic E-state index is 0.00260. The number of hydrogen-bond acceptors (Lipinski definition) is 20. The van der Waals surface area contributed by atoms with E-state index >= 15 is 13.2 Å². The number of primary amides is 1. The predicted molar refractivity (Wildman–Crippen MR) is 548 cm³/mol. The highest BCUT2D eigenvalue weighted by atomic mass is 35.5. The highest BCUT2D eigenvalue weighted by Gasteiger charge is 2.48. The first-order valence-corrected chi connectivity index (χ1v) is 47.4. The summed E-state index contributed by atoms with van der Waals surface area (Å²) in [6.07, 6.45) is 11.6. The molecular formula is C111H94Cl3F3N18O12. The van der Waals surface area contributed by atoms with Gasteiger partial charge in [-0.3, -0.25) is 48.5 Å². The van der Waals surface area contributed by atoms with Crippen LogP contribution in [0.2, 0.25) is 15.1 Å². The average Bonchev–Trinajstić information content (AvgIpc) is 1.06. The maximum absolute atomic E-state index is 15.4. The van der Waals surface area contributed by atoms with E-state index < -0.39 is 86.3 Å². The van der Waals surface area contributed by atoms with Crippen LogP contribution in [0.15, 0.2) is 274 Å². The van der Waals surface area contributed by atoms with Gasteiger partial charge in [0, 0.05) is 120 Å². The molecule has 6 heterocycles. The molecule has 3 aliphatic heterocycles. The van der Waals surface area contributed by atoms with Crippen molar-refractivity contribution in [2.75, 3.05) is 26.7 Å². The molecular weight excluding hydrogens is 1940 g/mol. The fourth-order valence-electron chi connectivity index (χ4n) is 19.2. The Morgan fingerprint density at radius 1 is 0.422 bits per heavy atom. The Balaban J connectivity index is 0.000000158. The first kappa shape index (κ1) is 103. The van der Waals surface area contributed by atoms with Gasteiger partial charge in [0.05, 0.1) is 42.6 Å². The Morgan fingerprint density at radius 3 is 0.993 bits per heavy atom. The van der Waals surface area contributed by atoms with Gasteiger partial charge < -0.3 is 30.9 Å². The fourth-order valence-corrected chi connectivity index (χ4v) is 19.7. The maximum atomic E-state index is 15.4. The quantitative estimate of drug-likeness (QED) is 0.0272. The molecule has 30 nitrogen and oxygen atoms in total. The molecule has 0 spiro atoms. The number of hydrogen-bond donors (Lipinski definition) is 3. The molecule has 3 aromatic heterocycles. The highest BCUT2D eigenvalue weighted by molar-refractivity contribution is 6.31. The van der Waals surface area contributed by atoms with Gasteiger partial charge in [-0.05, 0) is 232 Å². The van der Waals surface area contributed by atoms with Crippen LogP contribution in [0, 0.1) is 41.4 Å². The van der Waals surface area contributed by atoms with Gasteiger partial charge in [0.15, 0.2) is 34.8 Å². The molecule has 12 aromatic carbocycles. The molecule has 15 aromatic rings. The number of nitrogens with zero attached hydrogens (tertiary/aromatic N) is 16. The van der Waals surface area contributed by atoms with Crippen LogP contribution in [-0.2, 0) is 64.3 Å². The van der Waals surface area contributed by atoms with E-state index in [1.807, 2.05) is 165 Å². The number of aromatic nitrogens is 12.